The largest absolute Gasteiger partial charge is 0.465 e. The van der Waals surface area contributed by atoms with Crippen LogP contribution in [0.15, 0.2) is 28.7 Å². The number of benzene rings is 1. The number of fused-ring (bicyclic) bond motifs is 1. The maximum absolute atomic E-state index is 12.0. The van der Waals surface area contributed by atoms with Crippen LogP contribution in [-0.2, 0) is 16.1 Å². The summed E-state index contributed by atoms with van der Waals surface area (Å²) >= 11 is 0. The van der Waals surface area contributed by atoms with Crippen LogP contribution in [0.4, 0.5) is 0 Å². The predicted molar refractivity (Wildman–Crippen MR) is 76.5 cm³/mol. The van der Waals surface area contributed by atoms with E-state index in [4.69, 9.17) is 18.6 Å². The number of rotatable bonds is 4. The minimum Gasteiger partial charge on any atom is -0.465 e. The first-order valence-corrected chi connectivity index (χ1v) is 6.83. The first-order valence-electron chi connectivity index (χ1n) is 6.83. The number of ether oxygens (including phenoxy) is 4. The van der Waals surface area contributed by atoms with E-state index in [1.807, 2.05) is 0 Å². The highest BCUT2D eigenvalue weighted by Gasteiger charge is 2.19. The van der Waals surface area contributed by atoms with Crippen LogP contribution in [0.5, 0.6) is 11.5 Å². The molecular formula is C16H14O7. The summed E-state index contributed by atoms with van der Waals surface area (Å²) in [6.45, 7) is 1.68. The van der Waals surface area contributed by atoms with E-state index in [9.17, 15) is 9.59 Å². The van der Waals surface area contributed by atoms with Gasteiger partial charge in [-0.25, -0.2) is 9.59 Å². The van der Waals surface area contributed by atoms with E-state index in [2.05, 4.69) is 4.74 Å². The lowest BCUT2D eigenvalue weighted by Crippen LogP contribution is -2.05. The van der Waals surface area contributed by atoms with E-state index >= 15 is 0 Å². The van der Waals surface area contributed by atoms with Crippen LogP contribution < -0.4 is 9.47 Å². The first kappa shape index (κ1) is 15.0. The molecule has 3 rings (SSSR count). The minimum absolute atomic E-state index is 0.0922. The Hall–Kier alpha value is -2.96. The van der Waals surface area contributed by atoms with Gasteiger partial charge in [-0.2, -0.15) is 0 Å². The smallest absolute Gasteiger partial charge is 0.341 e. The number of aryl methyl sites for hydroxylation is 1. The molecule has 7 nitrogen and oxygen atoms in total. The van der Waals surface area contributed by atoms with Gasteiger partial charge in [-0.15, -0.1) is 0 Å². The molecule has 0 radical (unpaired) electrons. The lowest BCUT2D eigenvalue weighted by Gasteiger charge is -2.03. The van der Waals surface area contributed by atoms with Gasteiger partial charge in [-0.1, -0.05) is 0 Å². The molecular weight excluding hydrogens is 304 g/mol. The first-order chi connectivity index (χ1) is 11.1. The van der Waals surface area contributed by atoms with Gasteiger partial charge in [0.05, 0.1) is 12.7 Å². The van der Waals surface area contributed by atoms with Crippen molar-refractivity contribution >= 4 is 11.9 Å². The second-order valence-electron chi connectivity index (χ2n) is 4.82. The molecule has 0 amide bonds. The Morgan fingerprint density at radius 3 is 2.70 bits per heavy atom. The predicted octanol–water partition coefficient (Wildman–Crippen LogP) is 2.46. The number of esters is 2. The zero-order chi connectivity index (χ0) is 16.4. The fourth-order valence-electron chi connectivity index (χ4n) is 2.17. The average molecular weight is 318 g/mol. The monoisotopic (exact) mass is 318 g/mol. The maximum atomic E-state index is 12.0. The van der Waals surface area contributed by atoms with E-state index in [0.717, 1.165) is 0 Å². The molecule has 0 saturated heterocycles. The van der Waals surface area contributed by atoms with E-state index in [0.29, 0.717) is 34.1 Å². The third kappa shape index (κ3) is 2.98. The molecule has 1 aliphatic heterocycles. The van der Waals surface area contributed by atoms with Gasteiger partial charge in [-0.3, -0.25) is 0 Å². The van der Waals surface area contributed by atoms with Crippen LogP contribution in [-0.4, -0.2) is 25.8 Å². The Morgan fingerprint density at radius 2 is 1.91 bits per heavy atom. The van der Waals surface area contributed by atoms with Crippen molar-refractivity contribution in [3.8, 4) is 11.5 Å². The summed E-state index contributed by atoms with van der Waals surface area (Å²) in [7, 11) is 1.29. The Morgan fingerprint density at radius 1 is 1.13 bits per heavy atom. The lowest BCUT2D eigenvalue weighted by atomic mass is 10.2. The fraction of sp³-hybridized carbons (Fsp3) is 0.250. The molecule has 23 heavy (non-hydrogen) atoms. The van der Waals surface area contributed by atoms with Crippen molar-refractivity contribution in [3.05, 3.63) is 46.9 Å². The van der Waals surface area contributed by atoms with Crippen LogP contribution in [0.1, 0.15) is 32.2 Å². The highest BCUT2D eigenvalue weighted by molar-refractivity contribution is 5.91. The zero-order valence-corrected chi connectivity index (χ0v) is 12.6. The molecule has 1 aromatic heterocycles. The summed E-state index contributed by atoms with van der Waals surface area (Å²) in [6.07, 6.45) is 0. The standard InChI is InChI=1S/C16H14O7/c1-9-12(16(18)19-2)6-11(23-9)7-20-15(17)10-3-4-13-14(5-10)22-8-21-13/h3-6H,7-8H2,1-2H3. The van der Waals surface area contributed by atoms with Gasteiger partial charge in [0, 0.05) is 0 Å². The molecule has 0 fully saturated rings. The van der Waals surface area contributed by atoms with Crippen molar-refractivity contribution in [2.24, 2.45) is 0 Å². The molecule has 0 atom stereocenters. The third-order valence-electron chi connectivity index (χ3n) is 3.33. The number of carbonyl (C=O) groups excluding carboxylic acids is 2. The normalized spacial score (nSPS) is 12.1. The van der Waals surface area contributed by atoms with Gasteiger partial charge in [0.15, 0.2) is 11.5 Å². The summed E-state index contributed by atoms with van der Waals surface area (Å²) in [5, 5.41) is 0. The second-order valence-corrected chi connectivity index (χ2v) is 4.82. The van der Waals surface area contributed by atoms with Crippen LogP contribution in [0, 0.1) is 6.92 Å². The number of hydrogen-bond donors (Lipinski definition) is 0. The van der Waals surface area contributed by atoms with Crippen LogP contribution >= 0.6 is 0 Å². The van der Waals surface area contributed by atoms with Crippen molar-refractivity contribution in [1.82, 2.24) is 0 Å². The number of furan rings is 1. The van der Waals surface area contributed by atoms with Crippen molar-refractivity contribution in [1.29, 1.82) is 0 Å². The van der Waals surface area contributed by atoms with Crippen molar-refractivity contribution in [3.63, 3.8) is 0 Å². The minimum atomic E-state index is -0.531. The molecule has 0 spiro atoms. The molecule has 7 heteroatoms. The molecule has 1 aliphatic rings. The number of hydrogen-bond acceptors (Lipinski definition) is 7. The fourth-order valence-corrected chi connectivity index (χ4v) is 2.17. The Balaban J connectivity index is 1.66. The lowest BCUT2D eigenvalue weighted by molar-refractivity contribution is 0.0443. The van der Waals surface area contributed by atoms with E-state index < -0.39 is 11.9 Å². The van der Waals surface area contributed by atoms with Crippen molar-refractivity contribution < 1.29 is 33.0 Å². The summed E-state index contributed by atoms with van der Waals surface area (Å²) in [5.41, 5.74) is 0.646. The van der Waals surface area contributed by atoms with Gasteiger partial charge in [0.25, 0.3) is 0 Å². The van der Waals surface area contributed by atoms with Crippen molar-refractivity contribution in [2.45, 2.75) is 13.5 Å². The molecule has 120 valence electrons. The summed E-state index contributed by atoms with van der Waals surface area (Å²) in [4.78, 5) is 23.5. The average Bonchev–Trinajstić information content (AvgIpc) is 3.17. The van der Waals surface area contributed by atoms with Gasteiger partial charge in [-0.05, 0) is 31.2 Å². The Bertz CT molecular complexity index is 760. The quantitative estimate of drug-likeness (QED) is 0.800. The number of carbonyl (C=O) groups is 2. The van der Waals surface area contributed by atoms with Gasteiger partial charge in [0.1, 0.15) is 23.7 Å². The SMILES string of the molecule is COC(=O)c1cc(COC(=O)c2ccc3c(c2)OCO3)oc1C. The van der Waals surface area contributed by atoms with Gasteiger partial charge in [0.2, 0.25) is 6.79 Å². The molecule has 2 heterocycles. The topological polar surface area (TPSA) is 84.2 Å². The molecule has 0 unspecified atom stereocenters. The van der Waals surface area contributed by atoms with Crippen LogP contribution in [0.25, 0.3) is 0 Å². The van der Waals surface area contributed by atoms with Crippen molar-refractivity contribution in [2.75, 3.05) is 13.9 Å². The van der Waals surface area contributed by atoms with E-state index in [-0.39, 0.29) is 13.4 Å². The van der Waals surface area contributed by atoms with E-state index in [1.54, 1.807) is 25.1 Å². The Kier molecular flexibility index (Phi) is 3.92. The summed E-state index contributed by atoms with van der Waals surface area (Å²) in [6, 6.07) is 6.28. The molecule has 2 aromatic rings. The third-order valence-corrected chi connectivity index (χ3v) is 3.33. The van der Waals surface area contributed by atoms with Gasteiger partial charge >= 0.3 is 11.9 Å². The molecule has 0 bridgehead atoms. The molecule has 0 saturated carbocycles. The summed E-state index contributed by atoms with van der Waals surface area (Å²) in [5.74, 6) is 0.826. The number of methoxy groups -OCH3 is 1. The van der Waals surface area contributed by atoms with E-state index in [1.165, 1.54) is 13.2 Å². The Labute approximate surface area is 131 Å². The van der Waals surface area contributed by atoms with Crippen LogP contribution in [0.2, 0.25) is 0 Å². The highest BCUT2D eigenvalue weighted by Crippen LogP contribution is 2.32. The van der Waals surface area contributed by atoms with Gasteiger partial charge < -0.3 is 23.4 Å². The summed E-state index contributed by atoms with van der Waals surface area (Å²) < 4.78 is 25.6. The molecule has 1 aromatic carbocycles. The highest BCUT2D eigenvalue weighted by atomic mass is 16.7. The second kappa shape index (κ2) is 6.04. The molecule has 0 N–H and O–H groups in total. The maximum Gasteiger partial charge on any atom is 0.341 e. The molecule has 0 aliphatic carbocycles. The zero-order valence-electron chi connectivity index (χ0n) is 12.6. The van der Waals surface area contributed by atoms with Crippen LogP contribution in [0.3, 0.4) is 0 Å².